The molecule has 2 N–H and O–H groups in total. The molecule has 1 aromatic carbocycles. The summed E-state index contributed by atoms with van der Waals surface area (Å²) in [6.45, 7) is 1.76. The van der Waals surface area contributed by atoms with Crippen LogP contribution in [0.4, 0.5) is 10.1 Å². The molecule has 0 aliphatic rings. The van der Waals surface area contributed by atoms with Gasteiger partial charge in [-0.2, -0.15) is 0 Å². The van der Waals surface area contributed by atoms with Crippen LogP contribution in [0.1, 0.15) is 24.8 Å². The third-order valence-corrected chi connectivity index (χ3v) is 2.27. The molecular weight excluding hydrogens is 209 g/mol. The predicted molar refractivity (Wildman–Crippen MR) is 60.7 cm³/mol. The Balaban J connectivity index is 2.46. The lowest BCUT2D eigenvalue weighted by atomic mass is 10.2. The van der Waals surface area contributed by atoms with E-state index in [4.69, 9.17) is 5.11 Å². The maximum Gasteiger partial charge on any atom is 0.224 e. The van der Waals surface area contributed by atoms with Crippen molar-refractivity contribution < 1.29 is 14.3 Å². The number of aliphatic hydroxyl groups is 1. The van der Waals surface area contributed by atoms with E-state index < -0.39 is 0 Å². The number of carbonyl (C=O) groups is 1. The van der Waals surface area contributed by atoms with E-state index in [0.717, 1.165) is 0 Å². The molecule has 0 spiro atoms. The Labute approximate surface area is 94.3 Å². The zero-order chi connectivity index (χ0) is 12.0. The van der Waals surface area contributed by atoms with Gasteiger partial charge in [0.05, 0.1) is 0 Å². The quantitative estimate of drug-likeness (QED) is 0.755. The molecule has 0 saturated carbocycles. The molecule has 1 rings (SSSR count). The van der Waals surface area contributed by atoms with Crippen molar-refractivity contribution in [1.82, 2.24) is 0 Å². The number of halogens is 1. The smallest absolute Gasteiger partial charge is 0.224 e. The summed E-state index contributed by atoms with van der Waals surface area (Å²) >= 11 is 0. The molecule has 0 radical (unpaired) electrons. The van der Waals surface area contributed by atoms with Crippen molar-refractivity contribution in [2.45, 2.75) is 26.2 Å². The van der Waals surface area contributed by atoms with Crippen LogP contribution in [0.3, 0.4) is 0 Å². The molecule has 0 atom stereocenters. The summed E-state index contributed by atoms with van der Waals surface area (Å²) in [5, 5.41) is 11.2. The molecule has 0 fully saturated rings. The molecule has 0 aliphatic carbocycles. The molecule has 0 unspecified atom stereocenters. The number of nitrogens with one attached hydrogen (secondary N) is 1. The number of anilines is 1. The monoisotopic (exact) mass is 225 g/mol. The molecule has 3 nitrogen and oxygen atoms in total. The van der Waals surface area contributed by atoms with Gasteiger partial charge >= 0.3 is 0 Å². The maximum absolute atomic E-state index is 13.2. The maximum atomic E-state index is 13.2. The minimum Gasteiger partial charge on any atom is -0.396 e. The van der Waals surface area contributed by atoms with Crippen LogP contribution in [-0.4, -0.2) is 17.6 Å². The van der Waals surface area contributed by atoms with Crippen molar-refractivity contribution in [1.29, 1.82) is 0 Å². The highest BCUT2D eigenvalue weighted by atomic mass is 19.1. The van der Waals surface area contributed by atoms with Crippen LogP contribution >= 0.6 is 0 Å². The second kappa shape index (κ2) is 6.23. The van der Waals surface area contributed by atoms with Crippen LogP contribution in [0.25, 0.3) is 0 Å². The van der Waals surface area contributed by atoms with Crippen LogP contribution < -0.4 is 5.32 Å². The average molecular weight is 225 g/mol. The predicted octanol–water partition coefficient (Wildman–Crippen LogP) is 2.24. The van der Waals surface area contributed by atoms with E-state index in [1.165, 1.54) is 6.07 Å². The van der Waals surface area contributed by atoms with Crippen molar-refractivity contribution in [2.75, 3.05) is 11.9 Å². The van der Waals surface area contributed by atoms with Crippen LogP contribution in [0.15, 0.2) is 18.2 Å². The molecule has 0 bridgehead atoms. The summed E-state index contributed by atoms with van der Waals surface area (Å²) in [6.07, 6.45) is 1.59. The number of rotatable bonds is 5. The Hall–Kier alpha value is -1.42. The number of unbranched alkanes of at least 4 members (excludes halogenated alkanes) is 1. The lowest BCUT2D eigenvalue weighted by Crippen LogP contribution is -2.11. The van der Waals surface area contributed by atoms with Crippen LogP contribution in [0.5, 0.6) is 0 Å². The lowest BCUT2D eigenvalue weighted by molar-refractivity contribution is -0.116. The number of aryl methyl sites for hydroxylation is 1. The van der Waals surface area contributed by atoms with Crippen LogP contribution in [-0.2, 0) is 4.79 Å². The third kappa shape index (κ3) is 3.98. The molecular formula is C12H16FNO2. The van der Waals surface area contributed by atoms with Gasteiger partial charge in [-0.1, -0.05) is 6.07 Å². The van der Waals surface area contributed by atoms with E-state index >= 15 is 0 Å². The highest BCUT2D eigenvalue weighted by molar-refractivity contribution is 5.90. The van der Waals surface area contributed by atoms with Gasteiger partial charge in [0.1, 0.15) is 5.82 Å². The number of amides is 1. The van der Waals surface area contributed by atoms with Gasteiger partial charge in [-0.3, -0.25) is 4.79 Å². The van der Waals surface area contributed by atoms with E-state index in [2.05, 4.69) is 5.32 Å². The molecule has 88 valence electrons. The highest BCUT2D eigenvalue weighted by Crippen LogP contribution is 2.13. The summed E-state index contributed by atoms with van der Waals surface area (Å²) in [6, 6.07) is 4.60. The van der Waals surface area contributed by atoms with Crippen LogP contribution in [0, 0.1) is 12.7 Å². The fourth-order valence-electron chi connectivity index (χ4n) is 1.29. The number of benzene rings is 1. The minimum absolute atomic E-state index is 0.0897. The molecule has 1 amide bonds. The first-order valence-electron chi connectivity index (χ1n) is 5.30. The normalized spacial score (nSPS) is 10.2. The minimum atomic E-state index is -0.326. The lowest BCUT2D eigenvalue weighted by Gasteiger charge is -2.05. The first kappa shape index (κ1) is 12.6. The fourth-order valence-corrected chi connectivity index (χ4v) is 1.29. The first-order valence-corrected chi connectivity index (χ1v) is 5.30. The Morgan fingerprint density at radius 1 is 1.44 bits per heavy atom. The van der Waals surface area contributed by atoms with Gasteiger partial charge in [-0.25, -0.2) is 4.39 Å². The van der Waals surface area contributed by atoms with Crippen LogP contribution in [0.2, 0.25) is 0 Å². The molecule has 0 aliphatic heterocycles. The van der Waals surface area contributed by atoms with Gasteiger partial charge in [-0.15, -0.1) is 0 Å². The second-order valence-electron chi connectivity index (χ2n) is 3.69. The number of carbonyl (C=O) groups excluding carboxylic acids is 1. The van der Waals surface area contributed by atoms with Gasteiger partial charge < -0.3 is 10.4 Å². The van der Waals surface area contributed by atoms with Crippen molar-refractivity contribution >= 4 is 11.6 Å². The van der Waals surface area contributed by atoms with E-state index in [1.54, 1.807) is 19.1 Å². The zero-order valence-electron chi connectivity index (χ0n) is 9.29. The van der Waals surface area contributed by atoms with Gasteiger partial charge in [0.2, 0.25) is 5.91 Å². The van der Waals surface area contributed by atoms with Crippen molar-refractivity contribution in [3.05, 3.63) is 29.6 Å². The molecule has 0 aromatic heterocycles. The average Bonchev–Trinajstić information content (AvgIpc) is 2.24. The van der Waals surface area contributed by atoms with Crippen molar-refractivity contribution in [3.63, 3.8) is 0 Å². The Morgan fingerprint density at radius 3 is 2.81 bits per heavy atom. The number of hydrogen-bond donors (Lipinski definition) is 2. The summed E-state index contributed by atoms with van der Waals surface area (Å²) in [7, 11) is 0. The van der Waals surface area contributed by atoms with E-state index in [9.17, 15) is 9.18 Å². The molecule has 1 aromatic rings. The van der Waals surface area contributed by atoms with E-state index in [0.29, 0.717) is 30.5 Å². The fraction of sp³-hybridized carbons (Fsp3) is 0.417. The molecule has 4 heteroatoms. The van der Waals surface area contributed by atoms with Crippen molar-refractivity contribution in [2.24, 2.45) is 0 Å². The molecule has 16 heavy (non-hydrogen) atoms. The Kier molecular flexibility index (Phi) is 4.92. The zero-order valence-corrected chi connectivity index (χ0v) is 9.29. The SMILES string of the molecule is Cc1ccc(NC(=O)CCCCO)cc1F. The Morgan fingerprint density at radius 2 is 2.19 bits per heavy atom. The van der Waals surface area contributed by atoms with Gasteiger partial charge in [0.25, 0.3) is 0 Å². The first-order chi connectivity index (χ1) is 7.63. The number of hydrogen-bond acceptors (Lipinski definition) is 2. The summed E-state index contributed by atoms with van der Waals surface area (Å²) < 4.78 is 13.2. The molecule has 0 saturated heterocycles. The highest BCUT2D eigenvalue weighted by Gasteiger charge is 2.04. The van der Waals surface area contributed by atoms with Crippen molar-refractivity contribution in [3.8, 4) is 0 Å². The van der Waals surface area contributed by atoms with Gasteiger partial charge in [-0.05, 0) is 37.5 Å². The number of aliphatic hydroxyl groups excluding tert-OH is 1. The van der Waals surface area contributed by atoms with Gasteiger partial charge in [0.15, 0.2) is 0 Å². The summed E-state index contributed by atoms with van der Waals surface area (Å²) in [4.78, 5) is 11.4. The molecule has 0 heterocycles. The standard InChI is InChI=1S/C12H16FNO2/c1-9-5-6-10(8-11(9)13)14-12(16)4-2-3-7-15/h5-6,8,15H,2-4,7H2,1H3,(H,14,16). The van der Waals surface area contributed by atoms with Gasteiger partial charge in [0, 0.05) is 18.7 Å². The van der Waals surface area contributed by atoms with E-state index in [-0.39, 0.29) is 18.3 Å². The summed E-state index contributed by atoms with van der Waals surface area (Å²) in [5.41, 5.74) is 1.02. The third-order valence-electron chi connectivity index (χ3n) is 2.27. The second-order valence-corrected chi connectivity index (χ2v) is 3.69. The topological polar surface area (TPSA) is 49.3 Å². The summed E-state index contributed by atoms with van der Waals surface area (Å²) in [5.74, 6) is -0.482. The van der Waals surface area contributed by atoms with E-state index in [1.807, 2.05) is 0 Å². The Bertz CT molecular complexity index is 366. The largest absolute Gasteiger partial charge is 0.396 e.